The summed E-state index contributed by atoms with van der Waals surface area (Å²) in [6, 6.07) is 25.0. The molecule has 0 saturated heterocycles. The third kappa shape index (κ3) is 4.17. The molecule has 0 aliphatic heterocycles. The van der Waals surface area contributed by atoms with E-state index in [9.17, 15) is 19.8 Å². The topological polar surface area (TPSA) is 199 Å². The number of carbonyl (C=O) groups is 2. The lowest BCUT2D eigenvalue weighted by atomic mass is 9.64. The van der Waals surface area contributed by atoms with Crippen molar-refractivity contribution in [3.63, 3.8) is 0 Å². The molecule has 0 saturated carbocycles. The highest BCUT2D eigenvalue weighted by molar-refractivity contribution is 6.50. The minimum absolute atomic E-state index is 0.0640. The number of aryl methyl sites for hydroxylation is 2. The molecule has 2 aliphatic rings. The third-order valence-corrected chi connectivity index (χ3v) is 9.53. The summed E-state index contributed by atoms with van der Waals surface area (Å²) >= 11 is 0. The highest BCUT2D eigenvalue weighted by atomic mass is 16.4. The lowest BCUT2D eigenvalue weighted by Gasteiger charge is -2.37. The van der Waals surface area contributed by atoms with Crippen LogP contribution in [0.25, 0.3) is 11.1 Å². The highest BCUT2D eigenvalue weighted by Crippen LogP contribution is 2.45. The van der Waals surface area contributed by atoms with Crippen molar-refractivity contribution in [1.29, 1.82) is 10.8 Å². The van der Waals surface area contributed by atoms with Crippen molar-refractivity contribution in [3.8, 4) is 11.1 Å². The van der Waals surface area contributed by atoms with Crippen LogP contribution in [0.5, 0.6) is 0 Å². The first-order valence-electron chi connectivity index (χ1n) is 14.6. The molecule has 0 spiro atoms. The van der Waals surface area contributed by atoms with E-state index in [0.717, 1.165) is 22.3 Å². The summed E-state index contributed by atoms with van der Waals surface area (Å²) in [5.74, 6) is 9.13. The minimum Gasteiger partial charge on any atom is -0.480 e. The summed E-state index contributed by atoms with van der Waals surface area (Å²) in [6.45, 7) is 3.81. The van der Waals surface area contributed by atoms with Gasteiger partial charge in [0.1, 0.15) is 10.8 Å². The number of nitrogens with one attached hydrogen (secondary N) is 2. The lowest BCUT2D eigenvalue weighted by molar-refractivity contribution is -0.142. The predicted octanol–water partition coefficient (Wildman–Crippen LogP) is 4.88. The van der Waals surface area contributed by atoms with Crippen LogP contribution in [0, 0.1) is 24.7 Å². The Hall–Kier alpha value is -5.90. The molecule has 6 rings (SSSR count). The van der Waals surface area contributed by atoms with Crippen LogP contribution in [0.3, 0.4) is 0 Å². The number of fused-ring (bicyclic) bond motifs is 2. The molecule has 2 atom stereocenters. The van der Waals surface area contributed by atoms with Crippen molar-refractivity contribution >= 4 is 34.8 Å². The Labute approximate surface area is 265 Å². The van der Waals surface area contributed by atoms with E-state index >= 15 is 0 Å². The number of benzene rings is 4. The van der Waals surface area contributed by atoms with Gasteiger partial charge in [0.25, 0.3) is 0 Å². The van der Waals surface area contributed by atoms with E-state index in [1.165, 1.54) is 0 Å². The number of rotatable bonds is 5. The maximum absolute atomic E-state index is 13.1. The van der Waals surface area contributed by atoms with Crippen LogP contribution in [-0.2, 0) is 20.4 Å². The van der Waals surface area contributed by atoms with E-state index in [1.54, 1.807) is 60.7 Å². The fourth-order valence-corrected chi connectivity index (χ4v) is 7.15. The Morgan fingerprint density at radius 3 is 1.33 bits per heavy atom. The monoisotopic (exact) mass is 612 g/mol. The van der Waals surface area contributed by atoms with E-state index in [0.29, 0.717) is 33.4 Å². The maximum atomic E-state index is 13.1. The smallest absolute Gasteiger partial charge is 0.319 e. The molecular weight excluding hydrogens is 580 g/mol. The standard InChI is InChI=1S/C36H32N6O4/c1-19-15-21(35(33(43)44)17-29(41-39)31(37)25-7-3-5-9-27(25)35)11-13-23(19)24-14-12-22(16-20(24)2)36(34(45)46)18-30(42-40)32(38)26-8-4-6-10-28(26)36/h3-16,37-38H,17-18,39-40H2,1-2H3,(H,43,44)(H,45,46)/b37-31?,38-32?,41-29-,42-30+. The number of hydrogen-bond donors (Lipinski definition) is 6. The molecule has 0 fully saturated rings. The van der Waals surface area contributed by atoms with Gasteiger partial charge in [0.15, 0.2) is 0 Å². The fourth-order valence-electron chi connectivity index (χ4n) is 7.15. The third-order valence-electron chi connectivity index (χ3n) is 9.53. The van der Waals surface area contributed by atoms with Crippen LogP contribution in [-0.4, -0.2) is 45.0 Å². The second kappa shape index (κ2) is 10.9. The lowest BCUT2D eigenvalue weighted by Crippen LogP contribution is -2.46. The maximum Gasteiger partial charge on any atom is 0.319 e. The molecule has 0 heterocycles. The van der Waals surface area contributed by atoms with E-state index in [1.807, 2.05) is 38.1 Å². The van der Waals surface area contributed by atoms with Gasteiger partial charge in [-0.25, -0.2) is 0 Å². The van der Waals surface area contributed by atoms with Crippen LogP contribution in [0.1, 0.15) is 57.3 Å². The molecule has 0 bridgehead atoms. The molecule has 4 aromatic rings. The van der Waals surface area contributed by atoms with Gasteiger partial charge < -0.3 is 21.9 Å². The number of carboxylic acids is 2. The van der Waals surface area contributed by atoms with Gasteiger partial charge in [0.05, 0.1) is 22.8 Å². The largest absolute Gasteiger partial charge is 0.480 e. The van der Waals surface area contributed by atoms with E-state index < -0.39 is 22.8 Å². The van der Waals surface area contributed by atoms with Gasteiger partial charge in [-0.2, -0.15) is 10.2 Å². The van der Waals surface area contributed by atoms with Gasteiger partial charge >= 0.3 is 11.9 Å². The molecule has 4 aromatic carbocycles. The Morgan fingerprint density at radius 2 is 1.00 bits per heavy atom. The average Bonchev–Trinajstić information content (AvgIpc) is 3.05. The van der Waals surface area contributed by atoms with Crippen LogP contribution in [0.2, 0.25) is 0 Å². The summed E-state index contributed by atoms with van der Waals surface area (Å²) in [5, 5.41) is 46.1. The van der Waals surface area contributed by atoms with Crippen molar-refractivity contribution in [2.75, 3.05) is 0 Å². The van der Waals surface area contributed by atoms with Gasteiger partial charge in [-0.05, 0) is 58.4 Å². The zero-order valence-corrected chi connectivity index (χ0v) is 25.3. The molecule has 10 heteroatoms. The molecule has 230 valence electrons. The molecule has 0 radical (unpaired) electrons. The number of nitrogens with zero attached hydrogens (tertiary/aromatic N) is 2. The van der Waals surface area contributed by atoms with Crippen molar-refractivity contribution < 1.29 is 19.8 Å². The molecule has 0 aromatic heterocycles. The summed E-state index contributed by atoms with van der Waals surface area (Å²) in [7, 11) is 0. The number of nitrogens with two attached hydrogens (primary N) is 2. The molecule has 8 N–H and O–H groups in total. The predicted molar refractivity (Wildman–Crippen MR) is 177 cm³/mol. The average molecular weight is 613 g/mol. The van der Waals surface area contributed by atoms with Gasteiger partial charge in [0.2, 0.25) is 0 Å². The summed E-state index contributed by atoms with van der Waals surface area (Å²) < 4.78 is 0. The van der Waals surface area contributed by atoms with E-state index in [2.05, 4.69) is 10.2 Å². The van der Waals surface area contributed by atoms with E-state index in [4.69, 9.17) is 22.5 Å². The Morgan fingerprint density at radius 1 is 0.630 bits per heavy atom. The first-order chi connectivity index (χ1) is 22.0. The van der Waals surface area contributed by atoms with Crippen molar-refractivity contribution in [2.24, 2.45) is 21.9 Å². The molecule has 2 aliphatic carbocycles. The minimum atomic E-state index is -1.50. The summed E-state index contributed by atoms with van der Waals surface area (Å²) in [6.07, 6.45) is -0.128. The number of hydrogen-bond acceptors (Lipinski definition) is 8. The Balaban J connectivity index is 1.47. The normalized spacial score (nSPS) is 22.4. The molecule has 2 unspecified atom stereocenters. The van der Waals surface area contributed by atoms with Crippen molar-refractivity contribution in [2.45, 2.75) is 37.5 Å². The zero-order chi connectivity index (χ0) is 33.0. The van der Waals surface area contributed by atoms with Crippen LogP contribution in [0.4, 0.5) is 0 Å². The van der Waals surface area contributed by atoms with Crippen LogP contribution < -0.4 is 11.7 Å². The Bertz CT molecular complexity index is 1920. The summed E-state index contributed by atoms with van der Waals surface area (Å²) in [5.41, 5.74) is 4.04. The SMILES string of the molecule is Cc1cc(C2(C(=O)O)C/C(=N/N)C(=N)c3ccccc32)ccc1-c1ccc(C2(C(=O)O)C/C(=N\N)C(=N)c3ccccc32)cc1C. The first-order valence-corrected chi connectivity index (χ1v) is 14.6. The second-order valence-electron chi connectivity index (χ2n) is 11.8. The second-order valence-corrected chi connectivity index (χ2v) is 11.8. The molecule has 46 heavy (non-hydrogen) atoms. The quantitative estimate of drug-likeness (QED) is 0.137. The number of hydrazone groups is 2. The van der Waals surface area contributed by atoms with Gasteiger partial charge in [-0.15, -0.1) is 0 Å². The molecule has 0 amide bonds. The zero-order valence-electron chi connectivity index (χ0n) is 25.3. The van der Waals surface area contributed by atoms with Gasteiger partial charge in [-0.1, -0.05) is 84.9 Å². The van der Waals surface area contributed by atoms with Crippen molar-refractivity contribution in [3.05, 3.63) is 129 Å². The molecular formula is C36H32N6O4. The molecule has 10 nitrogen and oxygen atoms in total. The van der Waals surface area contributed by atoms with Crippen molar-refractivity contribution in [1.82, 2.24) is 0 Å². The first kappa shape index (κ1) is 30.1. The highest BCUT2D eigenvalue weighted by Gasteiger charge is 2.50. The number of aliphatic carboxylic acids is 2. The van der Waals surface area contributed by atoms with Crippen LogP contribution in [0.15, 0.2) is 95.1 Å². The summed E-state index contributed by atoms with van der Waals surface area (Å²) in [4.78, 5) is 26.2. The number of carboxylic acid groups (broad SMARTS) is 2. The fraction of sp³-hybridized carbons (Fsp3) is 0.167. The van der Waals surface area contributed by atoms with Crippen LogP contribution >= 0.6 is 0 Å². The Kier molecular flexibility index (Phi) is 7.15. The van der Waals surface area contributed by atoms with Gasteiger partial charge in [0, 0.05) is 24.0 Å². The van der Waals surface area contributed by atoms with E-state index in [-0.39, 0.29) is 35.7 Å². The van der Waals surface area contributed by atoms with Gasteiger partial charge in [-0.3, -0.25) is 20.4 Å².